The molecule has 9 heteroatoms. The molecule has 0 aromatic heterocycles. The Morgan fingerprint density at radius 3 is 2.64 bits per heavy atom. The number of fused-ring (bicyclic) bond motifs is 1. The summed E-state index contributed by atoms with van der Waals surface area (Å²) in [7, 11) is 0. The molecule has 5 atom stereocenters. The van der Waals surface area contributed by atoms with E-state index in [0.29, 0.717) is 31.9 Å². The summed E-state index contributed by atoms with van der Waals surface area (Å²) in [5, 5.41) is 6.15. The Kier molecular flexibility index (Phi) is 7.51. The van der Waals surface area contributed by atoms with Gasteiger partial charge in [0.05, 0.1) is 17.9 Å². The van der Waals surface area contributed by atoms with Crippen LogP contribution in [0.15, 0.2) is 40.9 Å². The molecular formula is C27H34BrN3O5. The predicted octanol–water partition coefficient (Wildman–Crippen LogP) is 3.41. The molecule has 2 bridgehead atoms. The molecule has 3 aliphatic heterocycles. The number of nitrogens with zero attached hydrogens (tertiary/aromatic N) is 1. The standard InChI is InChI=1S/C27H34BrN3O5/c1-2-35-16-6-15-31-23(25(33)30-18-7-4-3-5-8-18)27-14-13-20(36-27)21(22(27)26(31)34)24(32)29-19-11-9-17(28)10-12-19/h9-14,18,20-23H,2-8,15-16H2,1H3,(H,29,32)(H,30,33)/t20-,21?,22-,23?,27?/m1/s1. The van der Waals surface area contributed by atoms with Crippen LogP contribution < -0.4 is 10.6 Å². The van der Waals surface area contributed by atoms with Crippen LogP contribution in [-0.4, -0.2) is 66.2 Å². The van der Waals surface area contributed by atoms with Gasteiger partial charge in [0.2, 0.25) is 17.7 Å². The fourth-order valence-corrected chi connectivity index (χ4v) is 6.54. The summed E-state index contributed by atoms with van der Waals surface area (Å²) < 4.78 is 12.8. The minimum Gasteiger partial charge on any atom is -0.382 e. The maximum atomic E-state index is 13.9. The van der Waals surface area contributed by atoms with E-state index in [1.165, 1.54) is 6.42 Å². The van der Waals surface area contributed by atoms with Gasteiger partial charge in [-0.3, -0.25) is 14.4 Å². The number of benzene rings is 1. The van der Waals surface area contributed by atoms with Crippen LogP contribution in [-0.2, 0) is 23.9 Å². The molecule has 3 unspecified atom stereocenters. The van der Waals surface area contributed by atoms with Crippen LogP contribution in [0.1, 0.15) is 45.4 Å². The molecule has 1 aliphatic carbocycles. The molecule has 1 aromatic carbocycles. The number of hydrogen-bond donors (Lipinski definition) is 2. The van der Waals surface area contributed by atoms with Crippen LogP contribution in [0.5, 0.6) is 0 Å². The molecule has 5 rings (SSSR count). The van der Waals surface area contributed by atoms with Crippen molar-refractivity contribution < 1.29 is 23.9 Å². The van der Waals surface area contributed by atoms with Crippen molar-refractivity contribution in [2.45, 2.75) is 69.2 Å². The molecule has 1 saturated carbocycles. The number of anilines is 1. The van der Waals surface area contributed by atoms with Gasteiger partial charge in [-0.1, -0.05) is 47.3 Å². The number of ether oxygens (including phenoxy) is 2. The van der Waals surface area contributed by atoms with E-state index < -0.39 is 29.6 Å². The average Bonchev–Trinajstić information content (AvgIpc) is 3.51. The van der Waals surface area contributed by atoms with E-state index in [0.717, 1.165) is 30.2 Å². The summed E-state index contributed by atoms with van der Waals surface area (Å²) in [5.41, 5.74) is -0.483. The topological polar surface area (TPSA) is 97.0 Å². The van der Waals surface area contributed by atoms with Gasteiger partial charge >= 0.3 is 0 Å². The summed E-state index contributed by atoms with van der Waals surface area (Å²) in [6, 6.07) is 6.62. The largest absolute Gasteiger partial charge is 0.382 e. The van der Waals surface area contributed by atoms with Crippen LogP contribution in [0.25, 0.3) is 0 Å². The molecule has 8 nitrogen and oxygen atoms in total. The highest BCUT2D eigenvalue weighted by atomic mass is 79.9. The number of nitrogens with one attached hydrogen (secondary N) is 2. The highest BCUT2D eigenvalue weighted by molar-refractivity contribution is 9.10. The van der Waals surface area contributed by atoms with Crippen molar-refractivity contribution in [2.75, 3.05) is 25.1 Å². The highest BCUT2D eigenvalue weighted by Gasteiger charge is 2.72. The van der Waals surface area contributed by atoms with Crippen molar-refractivity contribution in [1.29, 1.82) is 0 Å². The van der Waals surface area contributed by atoms with Crippen molar-refractivity contribution in [3.8, 4) is 0 Å². The Morgan fingerprint density at radius 1 is 1.17 bits per heavy atom. The lowest BCUT2D eigenvalue weighted by atomic mass is 9.74. The Balaban J connectivity index is 1.40. The fourth-order valence-electron chi connectivity index (χ4n) is 6.27. The van der Waals surface area contributed by atoms with Crippen LogP contribution >= 0.6 is 15.9 Å². The van der Waals surface area contributed by atoms with Gasteiger partial charge in [-0.05, 0) is 50.5 Å². The number of hydrogen-bond acceptors (Lipinski definition) is 5. The molecule has 4 aliphatic rings. The minimum absolute atomic E-state index is 0.112. The second kappa shape index (κ2) is 10.6. The van der Waals surface area contributed by atoms with Crippen molar-refractivity contribution in [3.05, 3.63) is 40.9 Å². The fraction of sp³-hybridized carbons (Fsp3) is 0.593. The number of likely N-dealkylation sites (tertiary alicyclic amines) is 1. The third-order valence-corrected chi connectivity index (χ3v) is 8.41. The number of carbonyl (C=O) groups is 3. The molecule has 36 heavy (non-hydrogen) atoms. The van der Waals surface area contributed by atoms with Gasteiger partial charge in [0, 0.05) is 36.0 Å². The maximum absolute atomic E-state index is 13.9. The summed E-state index contributed by atoms with van der Waals surface area (Å²) in [5.74, 6) is -2.09. The molecule has 3 amide bonds. The molecule has 3 fully saturated rings. The van der Waals surface area contributed by atoms with Crippen LogP contribution in [0.4, 0.5) is 5.69 Å². The molecule has 2 N–H and O–H groups in total. The Bertz CT molecular complexity index is 1020. The van der Waals surface area contributed by atoms with Gasteiger partial charge in [-0.25, -0.2) is 0 Å². The summed E-state index contributed by atoms with van der Waals surface area (Å²) in [4.78, 5) is 42.7. The summed E-state index contributed by atoms with van der Waals surface area (Å²) >= 11 is 3.40. The first kappa shape index (κ1) is 25.4. The molecule has 3 heterocycles. The lowest BCUT2D eigenvalue weighted by Gasteiger charge is -2.34. The van der Waals surface area contributed by atoms with Gasteiger partial charge in [0.1, 0.15) is 11.6 Å². The van der Waals surface area contributed by atoms with Crippen LogP contribution in [0.3, 0.4) is 0 Å². The third kappa shape index (κ3) is 4.61. The summed E-state index contributed by atoms with van der Waals surface area (Å²) in [6.45, 7) is 3.40. The lowest BCUT2D eigenvalue weighted by molar-refractivity contribution is -0.141. The number of halogens is 1. The van der Waals surface area contributed by atoms with Crippen molar-refractivity contribution in [1.82, 2.24) is 10.2 Å². The normalized spacial score (nSPS) is 31.1. The zero-order valence-electron chi connectivity index (χ0n) is 20.6. The smallest absolute Gasteiger partial charge is 0.246 e. The molecular weight excluding hydrogens is 526 g/mol. The van der Waals surface area contributed by atoms with Crippen molar-refractivity contribution in [2.24, 2.45) is 11.8 Å². The number of carbonyl (C=O) groups excluding carboxylic acids is 3. The molecule has 2 saturated heterocycles. The van der Waals surface area contributed by atoms with Gasteiger partial charge < -0.3 is 25.0 Å². The highest BCUT2D eigenvalue weighted by Crippen LogP contribution is 2.55. The molecule has 1 aromatic rings. The van der Waals surface area contributed by atoms with E-state index in [4.69, 9.17) is 9.47 Å². The van der Waals surface area contributed by atoms with Crippen molar-refractivity contribution >= 4 is 39.3 Å². The van der Waals surface area contributed by atoms with E-state index in [2.05, 4.69) is 26.6 Å². The second-order valence-corrected chi connectivity index (χ2v) is 11.0. The predicted molar refractivity (Wildman–Crippen MR) is 138 cm³/mol. The second-order valence-electron chi connectivity index (χ2n) is 10.1. The van der Waals surface area contributed by atoms with E-state index in [1.807, 2.05) is 31.2 Å². The summed E-state index contributed by atoms with van der Waals surface area (Å²) in [6.07, 6.45) is 9.05. The Hall–Kier alpha value is -2.23. The van der Waals surface area contributed by atoms with Gasteiger partial charge in [-0.2, -0.15) is 0 Å². The Labute approximate surface area is 220 Å². The zero-order valence-corrected chi connectivity index (χ0v) is 22.2. The van der Waals surface area contributed by atoms with Gasteiger partial charge in [0.15, 0.2) is 0 Å². The van der Waals surface area contributed by atoms with Gasteiger partial charge in [-0.15, -0.1) is 0 Å². The molecule has 194 valence electrons. The van der Waals surface area contributed by atoms with Gasteiger partial charge in [0.25, 0.3) is 0 Å². The van der Waals surface area contributed by atoms with E-state index in [-0.39, 0.29) is 23.8 Å². The van der Waals surface area contributed by atoms with Crippen LogP contribution in [0, 0.1) is 11.8 Å². The minimum atomic E-state index is -1.13. The van der Waals surface area contributed by atoms with E-state index in [1.54, 1.807) is 17.0 Å². The first-order chi connectivity index (χ1) is 17.4. The Morgan fingerprint density at radius 2 is 1.92 bits per heavy atom. The third-order valence-electron chi connectivity index (χ3n) is 7.88. The number of rotatable bonds is 9. The molecule has 1 spiro atoms. The average molecular weight is 560 g/mol. The number of amides is 3. The van der Waals surface area contributed by atoms with Crippen LogP contribution in [0.2, 0.25) is 0 Å². The first-order valence-corrected chi connectivity index (χ1v) is 13.9. The van der Waals surface area contributed by atoms with E-state index >= 15 is 0 Å². The van der Waals surface area contributed by atoms with Crippen molar-refractivity contribution in [3.63, 3.8) is 0 Å². The van der Waals surface area contributed by atoms with E-state index in [9.17, 15) is 14.4 Å². The monoisotopic (exact) mass is 559 g/mol. The molecule has 0 radical (unpaired) electrons. The SMILES string of the molecule is CCOCCCN1C(=O)[C@H]2C(C(=O)Nc3ccc(Br)cc3)[C@H]3C=CC2(O3)C1C(=O)NC1CCCCC1. The first-order valence-electron chi connectivity index (χ1n) is 13.1. The maximum Gasteiger partial charge on any atom is 0.246 e. The lowest BCUT2D eigenvalue weighted by Crippen LogP contribution is -2.56. The quantitative estimate of drug-likeness (QED) is 0.357. The zero-order chi connectivity index (χ0) is 25.3.